The topological polar surface area (TPSA) is 101 Å². The van der Waals surface area contributed by atoms with Gasteiger partial charge in [0.15, 0.2) is 0 Å². The fourth-order valence-electron chi connectivity index (χ4n) is 3.88. The Bertz CT molecular complexity index is 1200. The van der Waals surface area contributed by atoms with E-state index in [0.29, 0.717) is 22.6 Å². The van der Waals surface area contributed by atoms with Gasteiger partial charge in [0.2, 0.25) is 5.91 Å². The molecule has 0 saturated carbocycles. The van der Waals surface area contributed by atoms with Gasteiger partial charge in [-0.2, -0.15) is 0 Å². The van der Waals surface area contributed by atoms with Gasteiger partial charge in [-0.15, -0.1) is 0 Å². The molecule has 2 aromatic carbocycles. The van der Waals surface area contributed by atoms with Crippen LogP contribution in [0.4, 0.5) is 5.69 Å². The Balaban J connectivity index is 1.55. The number of carbonyl (C=O) groups excluding carboxylic acids is 3. The van der Waals surface area contributed by atoms with Crippen LogP contribution < -0.4 is 10.1 Å². The molecule has 3 amide bonds. The summed E-state index contributed by atoms with van der Waals surface area (Å²) in [6.07, 6.45) is 0. The molecule has 3 aromatic rings. The average Bonchev–Trinajstić information content (AvgIpc) is 2.99. The fraction of sp³-hybridized carbons (Fsp3) is 0.240. The molecular weight excluding hydrogens is 420 g/mol. The molecule has 0 saturated heterocycles. The van der Waals surface area contributed by atoms with Crippen LogP contribution in [0.15, 0.2) is 54.6 Å². The van der Waals surface area contributed by atoms with Crippen molar-refractivity contribution >= 4 is 23.4 Å². The van der Waals surface area contributed by atoms with Crippen LogP contribution >= 0.6 is 0 Å². The predicted molar refractivity (Wildman–Crippen MR) is 122 cm³/mol. The summed E-state index contributed by atoms with van der Waals surface area (Å²) in [4.78, 5) is 48.6. The van der Waals surface area contributed by atoms with Crippen LogP contribution in [0.2, 0.25) is 0 Å². The molecular formula is C25H24N4O4. The van der Waals surface area contributed by atoms with E-state index in [4.69, 9.17) is 4.74 Å². The Morgan fingerprint density at radius 1 is 0.909 bits per heavy atom. The highest BCUT2D eigenvalue weighted by Crippen LogP contribution is 2.28. The molecule has 1 aliphatic heterocycles. The molecule has 1 aliphatic rings. The zero-order chi connectivity index (χ0) is 23.7. The monoisotopic (exact) mass is 444 g/mol. The van der Waals surface area contributed by atoms with E-state index in [-0.39, 0.29) is 11.9 Å². The van der Waals surface area contributed by atoms with Crippen LogP contribution in [-0.4, -0.2) is 38.6 Å². The average molecular weight is 444 g/mol. The molecule has 0 spiro atoms. The lowest BCUT2D eigenvalue weighted by molar-refractivity contribution is -0.121. The van der Waals surface area contributed by atoms with Crippen molar-refractivity contribution in [1.82, 2.24) is 14.9 Å². The zero-order valence-electron chi connectivity index (χ0n) is 18.8. The van der Waals surface area contributed by atoms with Crippen molar-refractivity contribution in [3.8, 4) is 11.8 Å². The highest BCUT2D eigenvalue weighted by atomic mass is 16.5. The number of hydrogen-bond donors (Lipinski definition) is 1. The summed E-state index contributed by atoms with van der Waals surface area (Å²) in [5.41, 5.74) is 2.64. The molecule has 0 bridgehead atoms. The van der Waals surface area contributed by atoms with E-state index in [1.165, 1.54) is 0 Å². The molecule has 2 heterocycles. The maximum absolute atomic E-state index is 13.2. The van der Waals surface area contributed by atoms with Gasteiger partial charge < -0.3 is 10.1 Å². The first-order valence-electron chi connectivity index (χ1n) is 10.6. The molecule has 168 valence electrons. The lowest BCUT2D eigenvalue weighted by Crippen LogP contribution is -2.50. The third-order valence-electron chi connectivity index (χ3n) is 5.28. The maximum atomic E-state index is 13.2. The van der Waals surface area contributed by atoms with E-state index in [9.17, 15) is 14.4 Å². The number of rotatable bonds is 6. The van der Waals surface area contributed by atoms with Gasteiger partial charge in [-0.1, -0.05) is 32.0 Å². The number of nitrogens with one attached hydrogen (secondary N) is 1. The number of anilines is 1. The number of carbonyl (C=O) groups is 3. The second kappa shape index (κ2) is 8.82. The second-order valence-corrected chi connectivity index (χ2v) is 8.27. The predicted octanol–water partition coefficient (Wildman–Crippen LogP) is 4.15. The van der Waals surface area contributed by atoms with E-state index in [2.05, 4.69) is 15.3 Å². The molecule has 0 aliphatic carbocycles. The minimum atomic E-state index is -0.968. The van der Waals surface area contributed by atoms with Crippen molar-refractivity contribution in [1.29, 1.82) is 0 Å². The Hall–Kier alpha value is -4.07. The van der Waals surface area contributed by atoms with E-state index in [1.807, 2.05) is 19.9 Å². The van der Waals surface area contributed by atoms with Crippen molar-refractivity contribution in [3.05, 3.63) is 77.1 Å². The quantitative estimate of drug-likeness (QED) is 0.573. The molecule has 33 heavy (non-hydrogen) atoms. The standard InChI is InChI=1S/C25H24N4O4/c1-14(2)21(29-23(31)19-10-5-6-11-20(19)24(29)32)22(30)28-17-8-7-9-18(13-17)33-25-26-15(3)12-16(4)27-25/h5-14,21H,1-4H3,(H,28,30). The normalized spacial score (nSPS) is 13.8. The van der Waals surface area contributed by atoms with Gasteiger partial charge in [-0.3, -0.25) is 19.3 Å². The van der Waals surface area contributed by atoms with Crippen molar-refractivity contribution in [2.45, 2.75) is 33.7 Å². The Kier molecular flexibility index (Phi) is 5.91. The summed E-state index contributed by atoms with van der Waals surface area (Å²) in [5.74, 6) is -1.24. The van der Waals surface area contributed by atoms with Gasteiger partial charge in [0, 0.05) is 23.1 Å². The third kappa shape index (κ3) is 4.45. The molecule has 1 aromatic heterocycles. The number of imide groups is 1. The summed E-state index contributed by atoms with van der Waals surface area (Å²) in [6.45, 7) is 7.29. The number of fused-ring (bicyclic) bond motifs is 1. The highest BCUT2D eigenvalue weighted by molar-refractivity contribution is 6.23. The summed E-state index contributed by atoms with van der Waals surface area (Å²) in [7, 11) is 0. The number of nitrogens with zero attached hydrogens (tertiary/aromatic N) is 3. The van der Waals surface area contributed by atoms with Crippen LogP contribution in [0.25, 0.3) is 0 Å². The lowest BCUT2D eigenvalue weighted by Gasteiger charge is -2.28. The molecule has 1 unspecified atom stereocenters. The van der Waals surface area contributed by atoms with E-state index in [1.54, 1.807) is 62.4 Å². The summed E-state index contributed by atoms with van der Waals surface area (Å²) in [5, 5.41) is 2.81. The van der Waals surface area contributed by atoms with Crippen LogP contribution in [0.5, 0.6) is 11.8 Å². The van der Waals surface area contributed by atoms with Crippen molar-refractivity contribution in [3.63, 3.8) is 0 Å². The maximum Gasteiger partial charge on any atom is 0.322 e. The first-order valence-corrected chi connectivity index (χ1v) is 10.6. The molecule has 0 radical (unpaired) electrons. The Labute approximate surface area is 191 Å². The van der Waals surface area contributed by atoms with Gasteiger partial charge in [-0.25, -0.2) is 9.97 Å². The smallest absolute Gasteiger partial charge is 0.322 e. The summed E-state index contributed by atoms with van der Waals surface area (Å²) >= 11 is 0. The number of amides is 3. The molecule has 0 fully saturated rings. The molecule has 8 heteroatoms. The van der Waals surface area contributed by atoms with Gasteiger partial charge >= 0.3 is 6.01 Å². The van der Waals surface area contributed by atoms with Crippen molar-refractivity contribution in [2.24, 2.45) is 5.92 Å². The SMILES string of the molecule is Cc1cc(C)nc(Oc2cccc(NC(=O)C(C(C)C)N3C(=O)c4ccccc4C3=O)c2)n1. The van der Waals surface area contributed by atoms with Crippen LogP contribution in [0, 0.1) is 19.8 Å². The van der Waals surface area contributed by atoms with E-state index >= 15 is 0 Å². The lowest BCUT2D eigenvalue weighted by atomic mass is 10.0. The molecule has 4 rings (SSSR count). The number of hydrogen-bond acceptors (Lipinski definition) is 6. The van der Waals surface area contributed by atoms with Gasteiger partial charge in [-0.05, 0) is 50.1 Å². The highest BCUT2D eigenvalue weighted by Gasteiger charge is 2.43. The van der Waals surface area contributed by atoms with Crippen LogP contribution in [-0.2, 0) is 4.79 Å². The number of benzene rings is 2. The minimum absolute atomic E-state index is 0.210. The van der Waals surface area contributed by atoms with Gasteiger partial charge in [0.25, 0.3) is 11.8 Å². The van der Waals surface area contributed by atoms with E-state index < -0.39 is 23.8 Å². The number of aromatic nitrogens is 2. The first-order chi connectivity index (χ1) is 15.7. The zero-order valence-corrected chi connectivity index (χ0v) is 18.8. The third-order valence-corrected chi connectivity index (χ3v) is 5.28. The Morgan fingerprint density at radius 3 is 2.09 bits per heavy atom. The van der Waals surface area contributed by atoms with Crippen molar-refractivity contribution in [2.75, 3.05) is 5.32 Å². The number of ether oxygens (including phenoxy) is 1. The largest absolute Gasteiger partial charge is 0.424 e. The summed E-state index contributed by atoms with van der Waals surface area (Å²) in [6, 6.07) is 14.5. The van der Waals surface area contributed by atoms with Gasteiger partial charge in [0.1, 0.15) is 11.8 Å². The fourth-order valence-corrected chi connectivity index (χ4v) is 3.88. The Morgan fingerprint density at radius 2 is 1.52 bits per heavy atom. The number of aryl methyl sites for hydroxylation is 2. The second-order valence-electron chi connectivity index (χ2n) is 8.27. The van der Waals surface area contributed by atoms with E-state index in [0.717, 1.165) is 16.3 Å². The van der Waals surface area contributed by atoms with Gasteiger partial charge in [0.05, 0.1) is 11.1 Å². The van der Waals surface area contributed by atoms with Crippen LogP contribution in [0.3, 0.4) is 0 Å². The molecule has 8 nitrogen and oxygen atoms in total. The molecule has 1 N–H and O–H groups in total. The summed E-state index contributed by atoms with van der Waals surface area (Å²) < 4.78 is 5.75. The first kappa shape index (κ1) is 22.1. The van der Waals surface area contributed by atoms with Crippen molar-refractivity contribution < 1.29 is 19.1 Å². The minimum Gasteiger partial charge on any atom is -0.424 e. The molecule has 1 atom stereocenters. The van der Waals surface area contributed by atoms with Crippen LogP contribution in [0.1, 0.15) is 46.0 Å².